The largest absolute Gasteiger partial charge is 0.465 e. The van der Waals surface area contributed by atoms with E-state index >= 15 is 0 Å². The molecule has 1 aromatic heterocycles. The minimum Gasteiger partial charge on any atom is -0.465 e. The molecule has 1 unspecified atom stereocenters. The van der Waals surface area contributed by atoms with Gasteiger partial charge in [0.15, 0.2) is 5.58 Å². The molecule has 4 rings (SSSR count). The molecule has 196 valence electrons. The van der Waals surface area contributed by atoms with Gasteiger partial charge >= 0.3 is 11.8 Å². The predicted octanol–water partition coefficient (Wildman–Crippen LogP) is 1.98. The van der Waals surface area contributed by atoms with E-state index < -0.39 is 29.3 Å². The van der Waals surface area contributed by atoms with Crippen molar-refractivity contribution in [2.45, 2.75) is 64.1 Å². The highest BCUT2D eigenvalue weighted by Crippen LogP contribution is 2.26. The third-order valence-electron chi connectivity index (χ3n) is 6.81. The number of ether oxygens (including phenoxy) is 1. The summed E-state index contributed by atoms with van der Waals surface area (Å²) in [5.41, 5.74) is 1.39. The van der Waals surface area contributed by atoms with Gasteiger partial charge in [0.05, 0.1) is 24.8 Å². The normalized spacial score (nSPS) is 21.5. The van der Waals surface area contributed by atoms with Crippen molar-refractivity contribution in [1.29, 1.82) is 0 Å². The summed E-state index contributed by atoms with van der Waals surface area (Å²) in [7, 11) is 0. The highest BCUT2D eigenvalue weighted by molar-refractivity contribution is 6.00. The second kappa shape index (κ2) is 10.4. The van der Waals surface area contributed by atoms with Crippen molar-refractivity contribution >= 4 is 29.0 Å². The predicted molar refractivity (Wildman–Crippen MR) is 131 cm³/mol. The maximum absolute atomic E-state index is 12.6. The van der Waals surface area contributed by atoms with Gasteiger partial charge in [0.2, 0.25) is 11.8 Å². The smallest absolute Gasteiger partial charge is 0.420 e. The zero-order valence-electron chi connectivity index (χ0n) is 21.0. The maximum atomic E-state index is 12.6. The lowest BCUT2D eigenvalue weighted by atomic mass is 10.0. The Hall–Kier alpha value is -3.18. The first kappa shape index (κ1) is 25.9. The number of carbonyl (C=O) groups excluding carboxylic acids is 2. The minimum atomic E-state index is -0.956. The van der Waals surface area contributed by atoms with Gasteiger partial charge in [-0.2, -0.15) is 0 Å². The molecule has 3 heterocycles. The summed E-state index contributed by atoms with van der Waals surface area (Å²) in [6.07, 6.45) is 0.762. The molecule has 36 heavy (non-hydrogen) atoms. The van der Waals surface area contributed by atoms with Gasteiger partial charge in [-0.25, -0.2) is 9.59 Å². The summed E-state index contributed by atoms with van der Waals surface area (Å²) in [6, 6.07) is 4.74. The van der Waals surface area contributed by atoms with Crippen LogP contribution in [0.4, 0.5) is 4.79 Å². The topological polar surface area (TPSA) is 134 Å². The monoisotopic (exact) mass is 502 g/mol. The Morgan fingerprint density at radius 3 is 2.72 bits per heavy atom. The van der Waals surface area contributed by atoms with Crippen molar-refractivity contribution in [3.63, 3.8) is 0 Å². The first-order valence-corrected chi connectivity index (χ1v) is 12.4. The molecule has 2 aromatic rings. The van der Waals surface area contributed by atoms with Gasteiger partial charge in [0.1, 0.15) is 6.04 Å². The number of morpholine rings is 1. The van der Waals surface area contributed by atoms with Crippen LogP contribution in [0.1, 0.15) is 51.6 Å². The van der Waals surface area contributed by atoms with E-state index in [1.54, 1.807) is 6.07 Å². The highest BCUT2D eigenvalue weighted by Gasteiger charge is 2.32. The number of benzene rings is 1. The Morgan fingerprint density at radius 2 is 2.03 bits per heavy atom. The number of amides is 3. The Balaban J connectivity index is 1.39. The van der Waals surface area contributed by atoms with E-state index in [0.717, 1.165) is 25.1 Å². The molecule has 0 bridgehead atoms. The van der Waals surface area contributed by atoms with Gasteiger partial charge in [-0.3, -0.25) is 24.4 Å². The first-order valence-electron chi connectivity index (χ1n) is 12.4. The molecule has 0 radical (unpaired) electrons. The quantitative estimate of drug-likeness (QED) is 0.549. The van der Waals surface area contributed by atoms with E-state index in [1.807, 2.05) is 32.9 Å². The average Bonchev–Trinajstić information content (AvgIpc) is 3.13. The number of rotatable bonds is 7. The number of nitrogens with one attached hydrogen (secondary N) is 1. The third-order valence-corrected chi connectivity index (χ3v) is 6.81. The summed E-state index contributed by atoms with van der Waals surface area (Å²) in [5.74, 6) is -1.43. The van der Waals surface area contributed by atoms with Gasteiger partial charge in [-0.05, 0) is 58.2 Å². The zero-order chi connectivity index (χ0) is 26.0. The highest BCUT2D eigenvalue weighted by atomic mass is 16.5. The molecule has 2 aliphatic rings. The third kappa shape index (κ3) is 5.62. The number of hydrogen-bond acceptors (Lipinski definition) is 7. The van der Waals surface area contributed by atoms with Crippen LogP contribution in [0, 0.1) is 0 Å². The lowest BCUT2D eigenvalue weighted by Gasteiger charge is -2.39. The van der Waals surface area contributed by atoms with E-state index in [-0.39, 0.29) is 24.9 Å². The van der Waals surface area contributed by atoms with Crippen molar-refractivity contribution < 1.29 is 28.6 Å². The molecule has 2 fully saturated rings. The average molecular weight is 503 g/mol. The number of nitrogens with zero attached hydrogens (tertiary/aromatic N) is 3. The molecule has 0 aliphatic carbocycles. The van der Waals surface area contributed by atoms with Crippen LogP contribution in [0.2, 0.25) is 0 Å². The van der Waals surface area contributed by atoms with Crippen molar-refractivity contribution in [2.24, 2.45) is 0 Å². The Kier molecular flexibility index (Phi) is 7.51. The molecule has 2 N–H and O–H groups in total. The second-order valence-electron chi connectivity index (χ2n) is 10.4. The van der Waals surface area contributed by atoms with E-state index in [9.17, 15) is 24.3 Å². The van der Waals surface area contributed by atoms with Crippen LogP contribution in [0.15, 0.2) is 27.4 Å². The molecule has 2 atom stereocenters. The molecule has 11 nitrogen and oxygen atoms in total. The van der Waals surface area contributed by atoms with Gasteiger partial charge in [-0.1, -0.05) is 12.1 Å². The lowest BCUT2D eigenvalue weighted by Crippen LogP contribution is -2.53. The van der Waals surface area contributed by atoms with Crippen LogP contribution in [-0.4, -0.2) is 81.8 Å². The minimum absolute atomic E-state index is 0.176. The van der Waals surface area contributed by atoms with E-state index in [1.165, 1.54) is 9.47 Å². The molecule has 0 saturated carbocycles. The van der Waals surface area contributed by atoms with E-state index in [2.05, 4.69) is 10.2 Å². The number of imide groups is 1. The van der Waals surface area contributed by atoms with Crippen LogP contribution in [0.5, 0.6) is 0 Å². The van der Waals surface area contributed by atoms with Crippen molar-refractivity contribution in [2.75, 3.05) is 32.8 Å². The standard InChI is InChI=1S/C25H34N4O7/c1-25(2,3)28(23(32)33)15-17-14-27(12-13-35-17)11-5-7-16-6-4-8-18-21(16)36-24(34)29(18)19-9-10-20(30)26-22(19)31/h4,6,8,17,19H,5,7,9-15H2,1-3H3,(H,32,33)(H,26,30,31)/t17-,19?/m0/s1. The molecular weight excluding hydrogens is 468 g/mol. The van der Waals surface area contributed by atoms with Crippen LogP contribution in [-0.2, 0) is 20.7 Å². The Morgan fingerprint density at radius 1 is 1.25 bits per heavy atom. The number of carbonyl (C=O) groups is 3. The van der Waals surface area contributed by atoms with Crippen LogP contribution in [0.25, 0.3) is 11.1 Å². The van der Waals surface area contributed by atoms with Crippen LogP contribution in [0.3, 0.4) is 0 Å². The second-order valence-corrected chi connectivity index (χ2v) is 10.4. The summed E-state index contributed by atoms with van der Waals surface area (Å²) in [4.78, 5) is 51.8. The van der Waals surface area contributed by atoms with Crippen LogP contribution < -0.4 is 11.1 Å². The molecule has 0 spiro atoms. The van der Waals surface area contributed by atoms with Crippen LogP contribution >= 0.6 is 0 Å². The van der Waals surface area contributed by atoms with Crippen molar-refractivity contribution in [3.05, 3.63) is 34.3 Å². The Labute approximate surface area is 209 Å². The SMILES string of the molecule is CC(C)(C)N(C[C@@H]1CN(CCCc2cccc3c2oc(=O)n3C2CCC(=O)NC2=O)CCO1)C(=O)O. The van der Waals surface area contributed by atoms with E-state index in [0.29, 0.717) is 37.2 Å². The van der Waals surface area contributed by atoms with E-state index in [4.69, 9.17) is 9.15 Å². The molecule has 11 heteroatoms. The number of fused-ring (bicyclic) bond motifs is 1. The van der Waals surface area contributed by atoms with Gasteiger partial charge in [-0.15, -0.1) is 0 Å². The first-order chi connectivity index (χ1) is 17.0. The lowest BCUT2D eigenvalue weighted by molar-refractivity contribution is -0.135. The summed E-state index contributed by atoms with van der Waals surface area (Å²) in [6.45, 7) is 8.66. The van der Waals surface area contributed by atoms with Crippen molar-refractivity contribution in [1.82, 2.24) is 19.7 Å². The molecular formula is C25H34N4O7. The van der Waals surface area contributed by atoms with Gasteiger partial charge in [0.25, 0.3) is 0 Å². The number of hydrogen-bond donors (Lipinski definition) is 2. The molecule has 3 amide bonds. The number of para-hydroxylation sites is 1. The number of carboxylic acid groups (broad SMARTS) is 1. The fourth-order valence-corrected chi connectivity index (χ4v) is 4.96. The summed E-state index contributed by atoms with van der Waals surface area (Å²) in [5, 5.41) is 11.9. The number of aromatic nitrogens is 1. The molecule has 2 aliphatic heterocycles. The summed E-state index contributed by atoms with van der Waals surface area (Å²) >= 11 is 0. The molecule has 1 aromatic carbocycles. The number of aryl methyl sites for hydroxylation is 1. The summed E-state index contributed by atoms with van der Waals surface area (Å²) < 4.78 is 12.8. The Bertz CT molecular complexity index is 1200. The fraction of sp³-hybridized carbons (Fsp3) is 0.600. The fourth-order valence-electron chi connectivity index (χ4n) is 4.96. The number of oxazole rings is 1. The maximum Gasteiger partial charge on any atom is 0.420 e. The van der Waals surface area contributed by atoms with Crippen molar-refractivity contribution in [3.8, 4) is 0 Å². The number of piperidine rings is 1. The van der Waals surface area contributed by atoms with Gasteiger partial charge in [0, 0.05) is 25.0 Å². The van der Waals surface area contributed by atoms with Gasteiger partial charge < -0.3 is 19.2 Å². The molecule has 2 saturated heterocycles. The zero-order valence-corrected chi connectivity index (χ0v) is 21.0.